The standard InChI is InChI=1S/C13H12BrNO2/c1-16-13-10(4-3-7-15-13)9-17-12-6-2-5-11(14)8-12/h2-8H,9H2,1H3. The first-order chi connectivity index (χ1) is 8.29. The number of pyridine rings is 1. The average molecular weight is 294 g/mol. The van der Waals surface area contributed by atoms with E-state index in [2.05, 4.69) is 20.9 Å². The van der Waals surface area contributed by atoms with Crippen molar-refractivity contribution in [2.45, 2.75) is 6.61 Å². The van der Waals surface area contributed by atoms with Crippen LogP contribution in [0.25, 0.3) is 0 Å². The first kappa shape index (κ1) is 11.9. The lowest BCUT2D eigenvalue weighted by Gasteiger charge is -2.09. The molecule has 4 heteroatoms. The van der Waals surface area contributed by atoms with E-state index in [1.807, 2.05) is 36.4 Å². The van der Waals surface area contributed by atoms with Gasteiger partial charge in [0.25, 0.3) is 0 Å². The Morgan fingerprint density at radius 1 is 1.24 bits per heavy atom. The molecule has 1 heterocycles. The monoisotopic (exact) mass is 293 g/mol. The van der Waals surface area contributed by atoms with Crippen LogP contribution in [0.2, 0.25) is 0 Å². The van der Waals surface area contributed by atoms with Crippen molar-refractivity contribution in [1.29, 1.82) is 0 Å². The van der Waals surface area contributed by atoms with Crippen LogP contribution in [0.5, 0.6) is 11.6 Å². The zero-order valence-corrected chi connectivity index (χ0v) is 11.0. The van der Waals surface area contributed by atoms with Crippen molar-refractivity contribution in [3.8, 4) is 11.6 Å². The lowest BCUT2D eigenvalue weighted by molar-refractivity contribution is 0.293. The molecule has 0 amide bonds. The van der Waals surface area contributed by atoms with Crippen LogP contribution in [0.3, 0.4) is 0 Å². The Morgan fingerprint density at radius 3 is 2.88 bits per heavy atom. The van der Waals surface area contributed by atoms with Crippen LogP contribution < -0.4 is 9.47 Å². The minimum absolute atomic E-state index is 0.438. The molecular formula is C13H12BrNO2. The van der Waals surface area contributed by atoms with Gasteiger partial charge in [0.2, 0.25) is 5.88 Å². The maximum atomic E-state index is 5.67. The van der Waals surface area contributed by atoms with E-state index in [9.17, 15) is 0 Å². The number of rotatable bonds is 4. The Labute approximate surface area is 109 Å². The predicted octanol–water partition coefficient (Wildman–Crippen LogP) is 3.43. The SMILES string of the molecule is COc1ncccc1COc1cccc(Br)c1. The van der Waals surface area contributed by atoms with Crippen LogP contribution >= 0.6 is 15.9 Å². The first-order valence-electron chi connectivity index (χ1n) is 5.16. The first-order valence-corrected chi connectivity index (χ1v) is 5.95. The second kappa shape index (κ2) is 5.68. The molecule has 88 valence electrons. The number of hydrogen-bond acceptors (Lipinski definition) is 3. The van der Waals surface area contributed by atoms with Gasteiger partial charge in [-0.2, -0.15) is 0 Å². The second-order valence-corrected chi connectivity index (χ2v) is 4.33. The zero-order valence-electron chi connectivity index (χ0n) is 9.39. The molecule has 1 aromatic heterocycles. The Kier molecular flexibility index (Phi) is 3.98. The van der Waals surface area contributed by atoms with E-state index >= 15 is 0 Å². The summed E-state index contributed by atoms with van der Waals surface area (Å²) in [5, 5.41) is 0. The van der Waals surface area contributed by atoms with Crippen molar-refractivity contribution in [2.75, 3.05) is 7.11 Å². The number of benzene rings is 1. The van der Waals surface area contributed by atoms with Gasteiger partial charge in [0.05, 0.1) is 12.7 Å². The van der Waals surface area contributed by atoms with Crippen LogP contribution in [0.15, 0.2) is 47.1 Å². The molecule has 2 rings (SSSR count). The van der Waals surface area contributed by atoms with Gasteiger partial charge in [-0.05, 0) is 30.3 Å². The third kappa shape index (κ3) is 3.20. The fraction of sp³-hybridized carbons (Fsp3) is 0.154. The second-order valence-electron chi connectivity index (χ2n) is 3.42. The van der Waals surface area contributed by atoms with E-state index < -0.39 is 0 Å². The van der Waals surface area contributed by atoms with Crippen LogP contribution in [0.1, 0.15) is 5.56 Å². The van der Waals surface area contributed by atoms with Gasteiger partial charge in [0.15, 0.2) is 0 Å². The largest absolute Gasteiger partial charge is 0.489 e. The molecule has 0 aliphatic carbocycles. The third-order valence-corrected chi connectivity index (χ3v) is 2.73. The smallest absolute Gasteiger partial charge is 0.219 e. The molecule has 0 aliphatic heterocycles. The molecule has 3 nitrogen and oxygen atoms in total. The van der Waals surface area contributed by atoms with Gasteiger partial charge in [-0.25, -0.2) is 4.98 Å². The van der Waals surface area contributed by atoms with E-state index in [0.717, 1.165) is 15.8 Å². The summed E-state index contributed by atoms with van der Waals surface area (Å²) in [6, 6.07) is 11.5. The summed E-state index contributed by atoms with van der Waals surface area (Å²) in [7, 11) is 1.60. The minimum atomic E-state index is 0.438. The average Bonchev–Trinajstić information content (AvgIpc) is 2.37. The van der Waals surface area contributed by atoms with Gasteiger partial charge < -0.3 is 9.47 Å². The van der Waals surface area contributed by atoms with Gasteiger partial charge in [-0.15, -0.1) is 0 Å². The van der Waals surface area contributed by atoms with E-state index in [4.69, 9.17) is 9.47 Å². The van der Waals surface area contributed by atoms with E-state index in [1.165, 1.54) is 0 Å². The van der Waals surface area contributed by atoms with Gasteiger partial charge in [0.1, 0.15) is 12.4 Å². The summed E-state index contributed by atoms with van der Waals surface area (Å²) in [5.74, 6) is 1.41. The molecule has 0 unspecified atom stereocenters. The molecule has 0 aliphatic rings. The zero-order chi connectivity index (χ0) is 12.1. The Bertz CT molecular complexity index is 502. The maximum Gasteiger partial charge on any atom is 0.219 e. The molecule has 0 bridgehead atoms. The number of hydrogen-bond donors (Lipinski definition) is 0. The molecule has 1 aromatic carbocycles. The number of nitrogens with zero attached hydrogens (tertiary/aromatic N) is 1. The van der Waals surface area contributed by atoms with Crippen LogP contribution in [0.4, 0.5) is 0 Å². The van der Waals surface area contributed by atoms with Crippen LogP contribution in [0, 0.1) is 0 Å². The Hall–Kier alpha value is -1.55. The van der Waals surface area contributed by atoms with Gasteiger partial charge in [0, 0.05) is 10.7 Å². The van der Waals surface area contributed by atoms with Crippen molar-refractivity contribution in [3.05, 3.63) is 52.6 Å². The maximum absolute atomic E-state index is 5.67. The number of methoxy groups -OCH3 is 1. The van der Waals surface area contributed by atoms with Crippen molar-refractivity contribution < 1.29 is 9.47 Å². The molecule has 0 N–H and O–H groups in total. The third-order valence-electron chi connectivity index (χ3n) is 2.23. The molecule has 0 saturated heterocycles. The molecule has 2 aromatic rings. The Morgan fingerprint density at radius 2 is 2.12 bits per heavy atom. The van der Waals surface area contributed by atoms with Crippen LogP contribution in [-0.4, -0.2) is 12.1 Å². The highest BCUT2D eigenvalue weighted by molar-refractivity contribution is 9.10. The van der Waals surface area contributed by atoms with E-state index in [-0.39, 0.29) is 0 Å². The highest BCUT2D eigenvalue weighted by atomic mass is 79.9. The summed E-state index contributed by atoms with van der Waals surface area (Å²) in [6.07, 6.45) is 1.70. The highest BCUT2D eigenvalue weighted by Gasteiger charge is 2.04. The molecule has 0 radical (unpaired) electrons. The quantitative estimate of drug-likeness (QED) is 0.865. The summed E-state index contributed by atoms with van der Waals surface area (Å²) in [5.41, 5.74) is 0.926. The fourth-order valence-corrected chi connectivity index (χ4v) is 1.81. The molecule has 0 atom stereocenters. The normalized spacial score (nSPS) is 10.0. The lowest BCUT2D eigenvalue weighted by atomic mass is 10.3. The Balaban J connectivity index is 2.07. The van der Waals surface area contributed by atoms with Crippen molar-refractivity contribution >= 4 is 15.9 Å². The lowest BCUT2D eigenvalue weighted by Crippen LogP contribution is -1.99. The van der Waals surface area contributed by atoms with Gasteiger partial charge >= 0.3 is 0 Å². The molecule has 0 fully saturated rings. The molecule has 0 spiro atoms. The molecular weight excluding hydrogens is 282 g/mol. The summed E-state index contributed by atoms with van der Waals surface area (Å²) in [6.45, 7) is 0.438. The number of aromatic nitrogens is 1. The van der Waals surface area contributed by atoms with Crippen LogP contribution in [-0.2, 0) is 6.61 Å². The minimum Gasteiger partial charge on any atom is -0.489 e. The fourth-order valence-electron chi connectivity index (χ4n) is 1.44. The van der Waals surface area contributed by atoms with Crippen molar-refractivity contribution in [3.63, 3.8) is 0 Å². The molecule has 17 heavy (non-hydrogen) atoms. The van der Waals surface area contributed by atoms with Crippen molar-refractivity contribution in [1.82, 2.24) is 4.98 Å². The van der Waals surface area contributed by atoms with E-state index in [0.29, 0.717) is 12.5 Å². The van der Waals surface area contributed by atoms with Gasteiger partial charge in [-0.1, -0.05) is 22.0 Å². The number of halogens is 1. The highest BCUT2D eigenvalue weighted by Crippen LogP contribution is 2.20. The topological polar surface area (TPSA) is 31.4 Å². The predicted molar refractivity (Wildman–Crippen MR) is 69.3 cm³/mol. The summed E-state index contributed by atoms with van der Waals surface area (Å²) >= 11 is 3.40. The van der Waals surface area contributed by atoms with Crippen molar-refractivity contribution in [2.24, 2.45) is 0 Å². The number of ether oxygens (including phenoxy) is 2. The summed E-state index contributed by atoms with van der Waals surface area (Å²) in [4.78, 5) is 4.12. The molecule has 0 saturated carbocycles. The van der Waals surface area contributed by atoms with Gasteiger partial charge in [-0.3, -0.25) is 0 Å². The van der Waals surface area contributed by atoms with E-state index in [1.54, 1.807) is 13.3 Å². The summed E-state index contributed by atoms with van der Waals surface area (Å²) < 4.78 is 11.8.